The van der Waals surface area contributed by atoms with Crippen molar-refractivity contribution in [3.8, 4) is 0 Å². The first-order chi connectivity index (χ1) is 17.6. The number of nitrogens with zero attached hydrogens (tertiary/aromatic N) is 2. The van der Waals surface area contributed by atoms with E-state index in [0.29, 0.717) is 31.1 Å². The Hall–Kier alpha value is -2.38. The Balaban J connectivity index is 1.70. The van der Waals surface area contributed by atoms with Crippen molar-refractivity contribution in [1.29, 1.82) is 0 Å². The van der Waals surface area contributed by atoms with Crippen molar-refractivity contribution in [3.63, 3.8) is 0 Å². The van der Waals surface area contributed by atoms with Crippen molar-refractivity contribution >= 4 is 39.0 Å². The van der Waals surface area contributed by atoms with Crippen molar-refractivity contribution in [3.05, 3.63) is 40.9 Å². The number of carbonyl (C=O) groups is 3. The topological polar surface area (TPSA) is 79.4 Å². The SMILES string of the molecule is CC(=O)C[C@@H](Cc1nc2ccc(C(C)C)cc2s1)C(=O)N[C@H](CCC(=O)/C=C/CN(C)C)C1CCCC1. The smallest absolute Gasteiger partial charge is 0.224 e. The number of Topliss-reactive ketones (excluding diaryl/α,β-unsaturated/α-hetero) is 1. The summed E-state index contributed by atoms with van der Waals surface area (Å²) < 4.78 is 1.12. The third-order valence-corrected chi connectivity index (χ3v) is 8.26. The van der Waals surface area contributed by atoms with Crippen molar-refractivity contribution in [2.75, 3.05) is 20.6 Å². The number of hydrogen-bond acceptors (Lipinski definition) is 6. The molecule has 1 fully saturated rings. The fraction of sp³-hybridized carbons (Fsp3) is 0.600. The minimum atomic E-state index is -0.456. The fourth-order valence-corrected chi connectivity index (χ4v) is 6.21. The molecule has 1 amide bonds. The molecule has 0 bridgehead atoms. The maximum atomic E-state index is 13.5. The number of thiazole rings is 1. The van der Waals surface area contributed by atoms with E-state index in [1.807, 2.05) is 31.1 Å². The first kappa shape index (κ1) is 29.2. The van der Waals surface area contributed by atoms with Crippen LogP contribution in [0.5, 0.6) is 0 Å². The minimum absolute atomic E-state index is 0.00183. The first-order valence-electron chi connectivity index (χ1n) is 13.7. The van der Waals surface area contributed by atoms with E-state index < -0.39 is 5.92 Å². The van der Waals surface area contributed by atoms with Gasteiger partial charge in [0, 0.05) is 31.8 Å². The molecule has 3 rings (SSSR count). The van der Waals surface area contributed by atoms with E-state index in [1.165, 1.54) is 5.56 Å². The normalized spacial score (nSPS) is 16.2. The van der Waals surface area contributed by atoms with E-state index in [1.54, 1.807) is 24.3 Å². The standard InChI is InChI=1S/C30H43N3O3S/c1-20(2)23-12-14-27-28(18-23)37-29(31-27)19-24(17-21(3)34)30(36)32-26(22-9-6-7-10-22)15-13-25(35)11-8-16-33(4)5/h8,11-12,14,18,20,22,24,26H,6-7,9-10,13,15-17,19H2,1-5H3,(H,32,36)/b11-8+/t24-,26+/m0/s1. The summed E-state index contributed by atoms with van der Waals surface area (Å²) in [7, 11) is 3.93. The zero-order chi connectivity index (χ0) is 26.9. The minimum Gasteiger partial charge on any atom is -0.353 e. The molecule has 7 heteroatoms. The first-order valence-corrected chi connectivity index (χ1v) is 14.5. The molecule has 1 aromatic heterocycles. The maximum Gasteiger partial charge on any atom is 0.224 e. The van der Waals surface area contributed by atoms with Crippen LogP contribution in [0.3, 0.4) is 0 Å². The van der Waals surface area contributed by atoms with Gasteiger partial charge in [0.15, 0.2) is 5.78 Å². The molecule has 6 nitrogen and oxygen atoms in total. The number of benzene rings is 1. The average Bonchev–Trinajstić information content (AvgIpc) is 3.49. The summed E-state index contributed by atoms with van der Waals surface area (Å²) in [5, 5.41) is 4.16. The monoisotopic (exact) mass is 525 g/mol. The summed E-state index contributed by atoms with van der Waals surface area (Å²) in [4.78, 5) is 44.8. The number of likely N-dealkylation sites (N-methyl/N-ethyl adjacent to an activating group) is 1. The van der Waals surface area contributed by atoms with Crippen LogP contribution in [0.1, 0.15) is 82.2 Å². The van der Waals surface area contributed by atoms with E-state index in [2.05, 4.69) is 31.3 Å². The summed E-state index contributed by atoms with van der Waals surface area (Å²) in [6.07, 6.45) is 9.70. The molecule has 0 aliphatic heterocycles. The van der Waals surface area contributed by atoms with Gasteiger partial charge in [0.1, 0.15) is 5.78 Å². The Bertz CT molecular complexity index is 1100. The van der Waals surface area contributed by atoms with Crippen LogP contribution >= 0.6 is 11.3 Å². The van der Waals surface area contributed by atoms with Crippen molar-refractivity contribution in [2.24, 2.45) is 11.8 Å². The van der Waals surface area contributed by atoms with Gasteiger partial charge >= 0.3 is 0 Å². The number of rotatable bonds is 14. The molecule has 37 heavy (non-hydrogen) atoms. The molecule has 0 radical (unpaired) electrons. The van der Waals surface area contributed by atoms with Gasteiger partial charge in [-0.05, 0) is 75.9 Å². The quantitative estimate of drug-likeness (QED) is 0.320. The molecule has 202 valence electrons. The zero-order valence-corrected chi connectivity index (χ0v) is 23.9. The van der Waals surface area contributed by atoms with Crippen LogP contribution in [-0.4, -0.2) is 54.0 Å². The third kappa shape index (κ3) is 9.15. The lowest BCUT2D eigenvalue weighted by Crippen LogP contribution is -2.43. The number of amides is 1. The Labute approximate surface area is 225 Å². The molecule has 0 saturated heterocycles. The van der Waals surface area contributed by atoms with Crippen LogP contribution in [-0.2, 0) is 20.8 Å². The second-order valence-electron chi connectivity index (χ2n) is 11.1. The highest BCUT2D eigenvalue weighted by Crippen LogP contribution is 2.31. The largest absolute Gasteiger partial charge is 0.353 e. The molecule has 2 atom stereocenters. The highest BCUT2D eigenvalue weighted by molar-refractivity contribution is 7.18. The molecule has 1 heterocycles. The lowest BCUT2D eigenvalue weighted by atomic mass is 9.91. The van der Waals surface area contributed by atoms with Crippen molar-refractivity contribution < 1.29 is 14.4 Å². The molecule has 0 unspecified atom stereocenters. The van der Waals surface area contributed by atoms with E-state index >= 15 is 0 Å². The van der Waals surface area contributed by atoms with Crippen molar-refractivity contribution in [1.82, 2.24) is 15.2 Å². The molecule has 1 aliphatic rings. The zero-order valence-electron chi connectivity index (χ0n) is 23.1. The molecule has 0 spiro atoms. The van der Waals surface area contributed by atoms with Crippen LogP contribution in [0.15, 0.2) is 30.4 Å². The van der Waals surface area contributed by atoms with Gasteiger partial charge in [-0.2, -0.15) is 0 Å². The van der Waals surface area contributed by atoms with Crippen LogP contribution < -0.4 is 5.32 Å². The lowest BCUT2D eigenvalue weighted by molar-refractivity contribution is -0.129. The van der Waals surface area contributed by atoms with E-state index in [4.69, 9.17) is 4.98 Å². The second-order valence-corrected chi connectivity index (χ2v) is 12.2. The van der Waals surface area contributed by atoms with Gasteiger partial charge < -0.3 is 15.0 Å². The van der Waals surface area contributed by atoms with Gasteiger partial charge in [0.2, 0.25) is 5.91 Å². The number of aromatic nitrogens is 1. The third-order valence-electron chi connectivity index (χ3n) is 7.22. The average molecular weight is 526 g/mol. The fourth-order valence-electron chi connectivity index (χ4n) is 5.11. The Morgan fingerprint density at radius 1 is 1.19 bits per heavy atom. The van der Waals surface area contributed by atoms with Gasteiger partial charge in [-0.15, -0.1) is 11.3 Å². The summed E-state index contributed by atoms with van der Waals surface area (Å²) in [6, 6.07) is 6.30. The molecule has 1 N–H and O–H groups in total. The van der Waals surface area contributed by atoms with E-state index in [9.17, 15) is 14.4 Å². The second kappa shape index (κ2) is 14.0. The van der Waals surface area contributed by atoms with Crippen LogP contribution in [0.25, 0.3) is 10.2 Å². The van der Waals surface area contributed by atoms with Gasteiger partial charge in [-0.3, -0.25) is 9.59 Å². The lowest BCUT2D eigenvalue weighted by Gasteiger charge is -2.26. The van der Waals surface area contributed by atoms with Gasteiger partial charge in [-0.25, -0.2) is 4.98 Å². The molecule has 1 saturated carbocycles. The van der Waals surface area contributed by atoms with Gasteiger partial charge in [-0.1, -0.05) is 38.8 Å². The number of allylic oxidation sites excluding steroid dienone is 1. The summed E-state index contributed by atoms with van der Waals surface area (Å²) in [5.41, 5.74) is 2.21. The number of hydrogen-bond donors (Lipinski definition) is 1. The molecular weight excluding hydrogens is 482 g/mol. The van der Waals surface area contributed by atoms with Crippen LogP contribution in [0.4, 0.5) is 0 Å². The highest BCUT2D eigenvalue weighted by Gasteiger charge is 2.30. The molecular formula is C30H43N3O3S. The molecule has 2 aromatic rings. The predicted molar refractivity (Wildman–Crippen MR) is 152 cm³/mol. The molecule has 1 aromatic carbocycles. The van der Waals surface area contributed by atoms with E-state index in [-0.39, 0.29) is 29.9 Å². The predicted octanol–water partition coefficient (Wildman–Crippen LogP) is 5.70. The van der Waals surface area contributed by atoms with Crippen LogP contribution in [0.2, 0.25) is 0 Å². The van der Waals surface area contributed by atoms with Gasteiger partial charge in [0.05, 0.1) is 21.1 Å². The summed E-state index contributed by atoms with van der Waals surface area (Å²) >= 11 is 1.61. The Morgan fingerprint density at radius 3 is 2.57 bits per heavy atom. The van der Waals surface area contributed by atoms with Gasteiger partial charge in [0.25, 0.3) is 0 Å². The van der Waals surface area contributed by atoms with Crippen molar-refractivity contribution in [2.45, 2.75) is 84.1 Å². The molecule has 1 aliphatic carbocycles. The number of carbonyl (C=O) groups excluding carboxylic acids is 3. The summed E-state index contributed by atoms with van der Waals surface area (Å²) in [6.45, 7) is 6.61. The maximum absolute atomic E-state index is 13.5. The number of fused-ring (bicyclic) bond motifs is 1. The van der Waals surface area contributed by atoms with Crippen LogP contribution in [0, 0.1) is 11.8 Å². The number of nitrogens with one attached hydrogen (secondary N) is 1. The summed E-state index contributed by atoms with van der Waals surface area (Å²) in [5.74, 6) is 0.370. The van der Waals surface area contributed by atoms with E-state index in [0.717, 1.165) is 47.5 Å². The Morgan fingerprint density at radius 2 is 1.92 bits per heavy atom. The number of ketones is 2. The highest BCUT2D eigenvalue weighted by atomic mass is 32.1. The Kier molecular flexibility index (Phi) is 11.0.